The summed E-state index contributed by atoms with van der Waals surface area (Å²) in [6.07, 6.45) is 10.2. The molecule has 2 aromatic rings. The Morgan fingerprint density at radius 3 is 2.48 bits per heavy atom. The van der Waals surface area contributed by atoms with E-state index >= 15 is 0 Å². The standard InChI is InChI=1S/C24H31N5O2S2/c1-14(33-23-28-27-20(29(23)18-4-5-18)10-19-3-2-6-32-19)21(30)25-22(31)26-24-11-15-7-16(12-24)9-17(8-15)13-24/h2-3,6,14-18H,4-5,7-13H2,1H3,(H2,25,26,30,31). The minimum Gasteiger partial charge on any atom is -0.332 e. The Labute approximate surface area is 202 Å². The Bertz CT molecular complexity index is 1010. The Morgan fingerprint density at radius 2 is 1.88 bits per heavy atom. The molecule has 3 amide bonds. The molecule has 0 aromatic carbocycles. The van der Waals surface area contributed by atoms with Crippen LogP contribution in [0.5, 0.6) is 0 Å². The van der Waals surface area contributed by atoms with Crippen molar-refractivity contribution in [2.24, 2.45) is 17.8 Å². The van der Waals surface area contributed by atoms with Gasteiger partial charge in [0, 0.05) is 22.9 Å². The lowest BCUT2D eigenvalue weighted by atomic mass is 9.53. The summed E-state index contributed by atoms with van der Waals surface area (Å²) in [5, 5.41) is 17.1. The highest BCUT2D eigenvalue weighted by molar-refractivity contribution is 8.00. The molecule has 0 radical (unpaired) electrons. The number of imide groups is 1. The van der Waals surface area contributed by atoms with E-state index in [0.29, 0.717) is 6.04 Å². The molecule has 1 atom stereocenters. The molecule has 5 saturated carbocycles. The third-order valence-corrected chi connectivity index (χ3v) is 9.80. The van der Waals surface area contributed by atoms with Crippen molar-refractivity contribution in [2.45, 2.75) is 86.7 Å². The summed E-state index contributed by atoms with van der Waals surface area (Å²) >= 11 is 3.11. The van der Waals surface area contributed by atoms with Crippen molar-refractivity contribution in [1.29, 1.82) is 0 Å². The van der Waals surface area contributed by atoms with E-state index in [1.54, 1.807) is 11.3 Å². The van der Waals surface area contributed by atoms with E-state index in [0.717, 1.165) is 67.3 Å². The van der Waals surface area contributed by atoms with Gasteiger partial charge in [-0.15, -0.1) is 21.5 Å². The van der Waals surface area contributed by atoms with Gasteiger partial charge in [-0.2, -0.15) is 0 Å². The fourth-order valence-corrected chi connectivity index (χ4v) is 8.38. The smallest absolute Gasteiger partial charge is 0.321 e. The number of carbonyl (C=O) groups excluding carboxylic acids is 2. The molecule has 2 aromatic heterocycles. The highest BCUT2D eigenvalue weighted by Gasteiger charge is 2.51. The van der Waals surface area contributed by atoms with Crippen molar-refractivity contribution in [1.82, 2.24) is 25.4 Å². The van der Waals surface area contributed by atoms with Crippen LogP contribution in [0.3, 0.4) is 0 Å². The Balaban J connectivity index is 1.08. The molecular formula is C24H31N5O2S2. The number of urea groups is 1. The zero-order chi connectivity index (χ0) is 22.6. The van der Waals surface area contributed by atoms with Crippen molar-refractivity contribution in [3.8, 4) is 0 Å². The molecule has 9 heteroatoms. The summed E-state index contributed by atoms with van der Waals surface area (Å²) < 4.78 is 2.20. The molecule has 176 valence electrons. The van der Waals surface area contributed by atoms with E-state index in [4.69, 9.17) is 0 Å². The number of carbonyl (C=O) groups is 2. The fraction of sp³-hybridized carbons (Fsp3) is 0.667. The van der Waals surface area contributed by atoms with E-state index in [9.17, 15) is 9.59 Å². The highest BCUT2D eigenvalue weighted by atomic mass is 32.2. The van der Waals surface area contributed by atoms with Crippen LogP contribution in [-0.4, -0.2) is 37.5 Å². The number of thiophene rings is 1. The van der Waals surface area contributed by atoms with Crippen LogP contribution < -0.4 is 10.6 Å². The first-order valence-electron chi connectivity index (χ1n) is 12.2. The predicted molar refractivity (Wildman–Crippen MR) is 128 cm³/mol. The molecule has 7 rings (SSSR count). The van der Waals surface area contributed by atoms with Crippen LogP contribution in [0.15, 0.2) is 22.7 Å². The van der Waals surface area contributed by atoms with Gasteiger partial charge in [-0.3, -0.25) is 10.1 Å². The molecule has 5 aliphatic rings. The van der Waals surface area contributed by atoms with E-state index in [1.807, 2.05) is 13.0 Å². The summed E-state index contributed by atoms with van der Waals surface area (Å²) in [5.41, 5.74) is -0.0989. The summed E-state index contributed by atoms with van der Waals surface area (Å²) in [4.78, 5) is 26.9. The Morgan fingerprint density at radius 1 is 1.18 bits per heavy atom. The summed E-state index contributed by atoms with van der Waals surface area (Å²) in [6, 6.07) is 4.25. The number of hydrogen-bond acceptors (Lipinski definition) is 6. The van der Waals surface area contributed by atoms with Crippen molar-refractivity contribution >= 4 is 35.0 Å². The van der Waals surface area contributed by atoms with Crippen LogP contribution in [0.4, 0.5) is 4.79 Å². The van der Waals surface area contributed by atoms with E-state index in [1.165, 1.54) is 35.9 Å². The number of aromatic nitrogens is 3. The van der Waals surface area contributed by atoms with Crippen LogP contribution in [0, 0.1) is 17.8 Å². The van der Waals surface area contributed by atoms with Gasteiger partial charge in [-0.25, -0.2) is 4.79 Å². The van der Waals surface area contributed by atoms with Gasteiger partial charge < -0.3 is 9.88 Å². The number of thioether (sulfide) groups is 1. The van der Waals surface area contributed by atoms with Crippen LogP contribution >= 0.6 is 23.1 Å². The second-order valence-corrected chi connectivity index (χ2v) is 13.0. The van der Waals surface area contributed by atoms with Crippen LogP contribution in [0.2, 0.25) is 0 Å². The van der Waals surface area contributed by atoms with Crippen molar-refractivity contribution < 1.29 is 9.59 Å². The number of amides is 3. The van der Waals surface area contributed by atoms with Gasteiger partial charge in [0.25, 0.3) is 0 Å². The molecule has 0 saturated heterocycles. The molecule has 0 aliphatic heterocycles. The summed E-state index contributed by atoms with van der Waals surface area (Å²) in [7, 11) is 0. The lowest BCUT2D eigenvalue weighted by Gasteiger charge is -2.56. The van der Waals surface area contributed by atoms with E-state index < -0.39 is 5.25 Å². The van der Waals surface area contributed by atoms with Crippen molar-refractivity contribution in [3.05, 3.63) is 28.2 Å². The molecule has 2 heterocycles. The van der Waals surface area contributed by atoms with Gasteiger partial charge in [0.15, 0.2) is 5.16 Å². The number of rotatable bonds is 7. The lowest BCUT2D eigenvalue weighted by Crippen LogP contribution is -2.62. The Kier molecular flexibility index (Phi) is 5.52. The molecule has 5 aliphatic carbocycles. The highest BCUT2D eigenvalue weighted by Crippen LogP contribution is 2.55. The zero-order valence-corrected chi connectivity index (χ0v) is 20.6. The average Bonchev–Trinajstić information content (AvgIpc) is 3.30. The maximum Gasteiger partial charge on any atom is 0.321 e. The minimum absolute atomic E-state index is 0.0989. The Hall–Kier alpha value is -1.87. The fourth-order valence-electron chi connectivity index (χ4n) is 6.74. The molecule has 0 spiro atoms. The second kappa shape index (κ2) is 8.41. The summed E-state index contributed by atoms with van der Waals surface area (Å²) in [5.74, 6) is 2.93. The first-order chi connectivity index (χ1) is 16.0. The zero-order valence-electron chi connectivity index (χ0n) is 19.0. The van der Waals surface area contributed by atoms with Gasteiger partial charge in [0.1, 0.15) is 5.82 Å². The van der Waals surface area contributed by atoms with Crippen molar-refractivity contribution in [3.63, 3.8) is 0 Å². The number of nitrogens with zero attached hydrogens (tertiary/aromatic N) is 3. The monoisotopic (exact) mass is 485 g/mol. The van der Waals surface area contributed by atoms with E-state index in [2.05, 4.69) is 36.8 Å². The molecule has 2 N–H and O–H groups in total. The van der Waals surface area contributed by atoms with Crippen LogP contribution in [0.25, 0.3) is 0 Å². The number of nitrogens with one attached hydrogen (secondary N) is 2. The number of hydrogen-bond donors (Lipinski definition) is 2. The van der Waals surface area contributed by atoms with E-state index in [-0.39, 0.29) is 17.5 Å². The lowest BCUT2D eigenvalue weighted by molar-refractivity contribution is -0.119. The normalized spacial score (nSPS) is 30.9. The average molecular weight is 486 g/mol. The van der Waals surface area contributed by atoms with Gasteiger partial charge in [-0.05, 0) is 87.5 Å². The third kappa shape index (κ3) is 4.46. The largest absolute Gasteiger partial charge is 0.332 e. The SMILES string of the molecule is CC(Sc1nnc(Cc2cccs2)n1C1CC1)C(=O)NC(=O)NC12CC3CC(CC(C3)C1)C2. The third-order valence-electron chi connectivity index (χ3n) is 7.86. The van der Waals surface area contributed by atoms with Crippen molar-refractivity contribution in [2.75, 3.05) is 0 Å². The summed E-state index contributed by atoms with van der Waals surface area (Å²) in [6.45, 7) is 1.84. The van der Waals surface area contributed by atoms with Gasteiger partial charge in [0.05, 0.1) is 5.25 Å². The molecule has 4 bridgehead atoms. The first kappa shape index (κ1) is 21.6. The molecule has 33 heavy (non-hydrogen) atoms. The molecule has 1 unspecified atom stereocenters. The maximum atomic E-state index is 12.9. The maximum absolute atomic E-state index is 12.9. The molecule has 7 nitrogen and oxygen atoms in total. The predicted octanol–water partition coefficient (Wildman–Crippen LogP) is 4.54. The minimum atomic E-state index is -0.427. The van der Waals surface area contributed by atoms with Gasteiger partial charge in [0.2, 0.25) is 5.91 Å². The van der Waals surface area contributed by atoms with Gasteiger partial charge in [-0.1, -0.05) is 17.8 Å². The molecular weight excluding hydrogens is 454 g/mol. The molecule has 5 fully saturated rings. The first-order valence-corrected chi connectivity index (χ1v) is 14.0. The van der Waals surface area contributed by atoms with Gasteiger partial charge >= 0.3 is 6.03 Å². The second-order valence-electron chi connectivity index (χ2n) is 10.7. The topological polar surface area (TPSA) is 88.9 Å². The van der Waals surface area contributed by atoms with Crippen LogP contribution in [0.1, 0.15) is 75.0 Å². The van der Waals surface area contributed by atoms with Crippen LogP contribution in [-0.2, 0) is 11.2 Å². The quantitative estimate of drug-likeness (QED) is 0.562.